The van der Waals surface area contributed by atoms with E-state index in [1.54, 1.807) is 0 Å². The molecule has 0 aliphatic heterocycles. The van der Waals surface area contributed by atoms with Gasteiger partial charge >= 0.3 is 5.97 Å². The number of rotatable bonds is 1. The Kier molecular flexibility index (Phi) is 1.89. The summed E-state index contributed by atoms with van der Waals surface area (Å²) in [6.07, 6.45) is 1.34. The highest BCUT2D eigenvalue weighted by atomic mass is 16.5. The maximum Gasteiger partial charge on any atom is 0.333 e. The Labute approximate surface area is 82.0 Å². The van der Waals surface area contributed by atoms with Gasteiger partial charge in [-0.05, 0) is 31.4 Å². The molecule has 1 aliphatic carbocycles. The van der Waals surface area contributed by atoms with Crippen LogP contribution in [0.2, 0.25) is 0 Å². The number of carbonyl (C=O) groups is 1. The van der Waals surface area contributed by atoms with Crippen molar-refractivity contribution in [1.29, 1.82) is 0 Å². The Hall–Kier alpha value is -1.29. The zero-order chi connectivity index (χ0) is 10.3. The minimum Gasteiger partial charge on any atom is -0.467 e. The molecular weight excluding hydrogens is 182 g/mol. The summed E-state index contributed by atoms with van der Waals surface area (Å²) < 4.78 is 10.1. The minimum absolute atomic E-state index is 0.425. The lowest BCUT2D eigenvalue weighted by atomic mass is 9.99. The predicted molar refractivity (Wildman–Crippen MR) is 49.6 cm³/mol. The number of fused-ring (bicyclic) bond motifs is 1. The fourth-order valence-electron chi connectivity index (χ4n) is 1.95. The second kappa shape index (κ2) is 2.85. The molecule has 4 heteroatoms. The Balaban J connectivity index is 2.45. The summed E-state index contributed by atoms with van der Waals surface area (Å²) in [6.45, 7) is 1.84. The van der Waals surface area contributed by atoms with Gasteiger partial charge in [-0.15, -0.1) is 0 Å². The van der Waals surface area contributed by atoms with Crippen LogP contribution in [0, 0.1) is 6.92 Å². The number of nitrogens with two attached hydrogens (primary N) is 1. The molecule has 0 fully saturated rings. The first kappa shape index (κ1) is 9.27. The Morgan fingerprint density at radius 2 is 2.43 bits per heavy atom. The van der Waals surface area contributed by atoms with Gasteiger partial charge in [-0.25, -0.2) is 4.79 Å². The topological polar surface area (TPSA) is 65.5 Å². The highest BCUT2D eigenvalue weighted by Crippen LogP contribution is 2.37. The third kappa shape index (κ3) is 1.07. The third-order valence-corrected chi connectivity index (χ3v) is 2.68. The van der Waals surface area contributed by atoms with E-state index in [0.29, 0.717) is 12.2 Å². The number of hydrogen-bond donors (Lipinski definition) is 1. The van der Waals surface area contributed by atoms with Crippen molar-refractivity contribution in [3.05, 3.63) is 23.2 Å². The fraction of sp³-hybridized carbons (Fsp3) is 0.500. The van der Waals surface area contributed by atoms with Crippen LogP contribution in [-0.4, -0.2) is 13.1 Å². The van der Waals surface area contributed by atoms with Crippen molar-refractivity contribution in [3.63, 3.8) is 0 Å². The number of furan rings is 1. The monoisotopic (exact) mass is 195 g/mol. The highest BCUT2D eigenvalue weighted by molar-refractivity contribution is 5.82. The standard InChI is InChI=1S/C10H13NO3/c1-6-5-7-3-4-10(11,8(7)14-6)9(12)13-2/h5H,3-4,11H2,1-2H3. The molecule has 2 rings (SSSR count). The maximum atomic E-state index is 11.5. The van der Waals surface area contributed by atoms with E-state index in [1.165, 1.54) is 7.11 Å². The van der Waals surface area contributed by atoms with Crippen LogP contribution in [0.15, 0.2) is 10.5 Å². The van der Waals surface area contributed by atoms with E-state index in [-0.39, 0.29) is 0 Å². The summed E-state index contributed by atoms with van der Waals surface area (Å²) >= 11 is 0. The quantitative estimate of drug-likeness (QED) is 0.675. The van der Waals surface area contributed by atoms with Gasteiger partial charge in [0.2, 0.25) is 0 Å². The van der Waals surface area contributed by atoms with Crippen LogP contribution in [-0.2, 0) is 21.5 Å². The normalized spacial score (nSPS) is 24.8. The zero-order valence-electron chi connectivity index (χ0n) is 8.29. The summed E-state index contributed by atoms with van der Waals surface area (Å²) in [7, 11) is 1.34. The van der Waals surface area contributed by atoms with E-state index < -0.39 is 11.5 Å². The molecule has 0 bridgehead atoms. The summed E-state index contributed by atoms with van der Waals surface area (Å²) in [5.74, 6) is 0.931. The molecule has 1 aromatic heterocycles. The van der Waals surface area contributed by atoms with Gasteiger partial charge in [-0.1, -0.05) is 0 Å². The van der Waals surface area contributed by atoms with Gasteiger partial charge in [0.05, 0.1) is 7.11 Å². The second-order valence-corrected chi connectivity index (χ2v) is 3.67. The van der Waals surface area contributed by atoms with Crippen LogP contribution in [0.5, 0.6) is 0 Å². The van der Waals surface area contributed by atoms with E-state index in [9.17, 15) is 4.79 Å². The number of aryl methyl sites for hydroxylation is 2. The average Bonchev–Trinajstić information content (AvgIpc) is 2.66. The predicted octanol–water partition coefficient (Wildman–Crippen LogP) is 0.861. The number of methoxy groups -OCH3 is 1. The van der Waals surface area contributed by atoms with Gasteiger partial charge in [0.1, 0.15) is 11.5 Å². The van der Waals surface area contributed by atoms with E-state index in [2.05, 4.69) is 4.74 Å². The lowest BCUT2D eigenvalue weighted by Gasteiger charge is -2.19. The molecule has 2 N–H and O–H groups in total. The molecule has 1 aliphatic rings. The molecule has 14 heavy (non-hydrogen) atoms. The van der Waals surface area contributed by atoms with E-state index in [1.807, 2.05) is 13.0 Å². The zero-order valence-corrected chi connectivity index (χ0v) is 8.29. The molecule has 1 aromatic rings. The number of hydrogen-bond acceptors (Lipinski definition) is 4. The SMILES string of the molecule is COC(=O)C1(N)CCc2cc(C)oc21. The molecule has 0 spiro atoms. The third-order valence-electron chi connectivity index (χ3n) is 2.68. The summed E-state index contributed by atoms with van der Waals surface area (Å²) in [4.78, 5) is 11.5. The first-order chi connectivity index (χ1) is 6.58. The Morgan fingerprint density at radius 3 is 3.07 bits per heavy atom. The lowest BCUT2D eigenvalue weighted by Crippen LogP contribution is -2.43. The first-order valence-electron chi connectivity index (χ1n) is 4.55. The highest BCUT2D eigenvalue weighted by Gasteiger charge is 2.46. The molecule has 0 saturated heterocycles. The number of carbonyl (C=O) groups excluding carboxylic acids is 1. The fourth-order valence-corrected chi connectivity index (χ4v) is 1.95. The van der Waals surface area contributed by atoms with Crippen molar-refractivity contribution in [2.24, 2.45) is 5.73 Å². The van der Waals surface area contributed by atoms with Gasteiger partial charge in [-0.3, -0.25) is 0 Å². The first-order valence-corrected chi connectivity index (χ1v) is 4.55. The van der Waals surface area contributed by atoms with Gasteiger partial charge in [-0.2, -0.15) is 0 Å². The number of esters is 1. The van der Waals surface area contributed by atoms with Crippen LogP contribution in [0.1, 0.15) is 23.5 Å². The molecule has 1 unspecified atom stereocenters. The van der Waals surface area contributed by atoms with Crippen molar-refractivity contribution in [2.75, 3.05) is 7.11 Å². The van der Waals surface area contributed by atoms with E-state index in [4.69, 9.17) is 10.2 Å². The van der Waals surface area contributed by atoms with Gasteiger partial charge < -0.3 is 14.9 Å². The molecule has 0 amide bonds. The smallest absolute Gasteiger partial charge is 0.333 e. The Bertz CT molecular complexity index is 383. The second-order valence-electron chi connectivity index (χ2n) is 3.67. The molecule has 4 nitrogen and oxygen atoms in total. The van der Waals surface area contributed by atoms with Crippen molar-refractivity contribution in [1.82, 2.24) is 0 Å². The van der Waals surface area contributed by atoms with Crippen molar-refractivity contribution < 1.29 is 13.9 Å². The molecule has 1 heterocycles. The average molecular weight is 195 g/mol. The van der Waals surface area contributed by atoms with Gasteiger partial charge in [0.25, 0.3) is 0 Å². The maximum absolute atomic E-state index is 11.5. The van der Waals surface area contributed by atoms with Gasteiger partial charge in [0.15, 0.2) is 5.54 Å². The van der Waals surface area contributed by atoms with Crippen LogP contribution < -0.4 is 5.73 Å². The van der Waals surface area contributed by atoms with Crippen LogP contribution in [0.25, 0.3) is 0 Å². The van der Waals surface area contributed by atoms with Crippen LogP contribution in [0.3, 0.4) is 0 Å². The molecule has 76 valence electrons. The Morgan fingerprint density at radius 1 is 1.71 bits per heavy atom. The van der Waals surface area contributed by atoms with Crippen molar-refractivity contribution in [2.45, 2.75) is 25.3 Å². The number of ether oxygens (including phenoxy) is 1. The molecule has 0 saturated carbocycles. The largest absolute Gasteiger partial charge is 0.467 e. The molecule has 0 radical (unpaired) electrons. The lowest BCUT2D eigenvalue weighted by molar-refractivity contribution is -0.148. The van der Waals surface area contributed by atoms with Crippen molar-refractivity contribution >= 4 is 5.97 Å². The summed E-state index contributed by atoms with van der Waals surface area (Å²) in [5, 5.41) is 0. The van der Waals surface area contributed by atoms with Crippen LogP contribution in [0.4, 0.5) is 0 Å². The van der Waals surface area contributed by atoms with E-state index >= 15 is 0 Å². The van der Waals surface area contributed by atoms with Crippen LogP contribution >= 0.6 is 0 Å². The molecule has 0 aromatic carbocycles. The minimum atomic E-state index is -1.07. The van der Waals surface area contributed by atoms with E-state index in [0.717, 1.165) is 17.7 Å². The summed E-state index contributed by atoms with van der Waals surface area (Å²) in [5.41, 5.74) is 5.92. The molecule has 1 atom stereocenters. The van der Waals surface area contributed by atoms with Crippen molar-refractivity contribution in [3.8, 4) is 0 Å². The molecular formula is C10H13NO3. The summed E-state index contributed by atoms with van der Waals surface area (Å²) in [6, 6.07) is 1.92. The van der Waals surface area contributed by atoms with Gasteiger partial charge in [0, 0.05) is 0 Å².